The second-order valence-electron chi connectivity index (χ2n) is 4.93. The van der Waals surface area contributed by atoms with Crippen LogP contribution in [0.5, 0.6) is 5.75 Å². The molecule has 0 radical (unpaired) electrons. The molecule has 0 spiro atoms. The number of carbonyl (C=O) groups excluding carboxylic acids is 1. The lowest BCUT2D eigenvalue weighted by atomic mass is 9.97. The maximum atomic E-state index is 13.6. The van der Waals surface area contributed by atoms with Gasteiger partial charge in [0, 0.05) is 0 Å². The molecule has 0 unspecified atom stereocenters. The third-order valence-corrected chi connectivity index (χ3v) is 3.60. The average molecular weight is 303 g/mol. The fourth-order valence-electron chi connectivity index (χ4n) is 2.41. The number of nitrogens with one attached hydrogen (secondary N) is 1. The summed E-state index contributed by atoms with van der Waals surface area (Å²) in [6.07, 6.45) is 1.45. The third kappa shape index (κ3) is 2.53. The van der Waals surface area contributed by atoms with Crippen LogP contribution in [-0.4, -0.2) is 27.6 Å². The Morgan fingerprint density at radius 2 is 1.71 bits per heavy atom. The van der Waals surface area contributed by atoms with E-state index in [1.54, 1.807) is 0 Å². The molecule has 114 valence electrons. The summed E-state index contributed by atoms with van der Waals surface area (Å²) in [7, 11) is 0. The van der Waals surface area contributed by atoms with Gasteiger partial charge >= 0.3 is 5.97 Å². The van der Waals surface area contributed by atoms with E-state index < -0.39 is 46.2 Å². The molecule has 21 heavy (non-hydrogen) atoms. The number of benzene rings is 1. The van der Waals surface area contributed by atoms with Gasteiger partial charge in [-0.25, -0.2) is 13.6 Å². The maximum Gasteiger partial charge on any atom is 0.329 e. The number of phenols is 1. The summed E-state index contributed by atoms with van der Waals surface area (Å²) in [6.45, 7) is 0. The molecule has 0 aliphatic heterocycles. The summed E-state index contributed by atoms with van der Waals surface area (Å²) in [5, 5.41) is 20.4. The van der Waals surface area contributed by atoms with Crippen molar-refractivity contribution >= 4 is 11.9 Å². The van der Waals surface area contributed by atoms with E-state index in [9.17, 15) is 27.9 Å². The van der Waals surface area contributed by atoms with Crippen molar-refractivity contribution in [2.24, 2.45) is 0 Å². The standard InChI is InChI=1S/C13H12F3NO4/c14-7-5-6(8(15)10(18)9(7)16)11(19)17-13(12(20)21)3-1-2-4-13/h5,18H,1-4H2,(H,17,19)(H,20,21). The van der Waals surface area contributed by atoms with E-state index in [0.717, 1.165) is 0 Å². The van der Waals surface area contributed by atoms with Gasteiger partial charge in [0.25, 0.3) is 5.91 Å². The van der Waals surface area contributed by atoms with Crippen molar-refractivity contribution in [2.75, 3.05) is 0 Å². The fraction of sp³-hybridized carbons (Fsp3) is 0.385. The monoisotopic (exact) mass is 303 g/mol. The maximum absolute atomic E-state index is 13.6. The van der Waals surface area contributed by atoms with Gasteiger partial charge in [-0.3, -0.25) is 4.79 Å². The first-order valence-electron chi connectivity index (χ1n) is 6.21. The summed E-state index contributed by atoms with van der Waals surface area (Å²) in [6, 6.07) is 0.282. The lowest BCUT2D eigenvalue weighted by Crippen LogP contribution is -2.52. The normalized spacial score (nSPS) is 16.7. The topological polar surface area (TPSA) is 86.6 Å². The van der Waals surface area contributed by atoms with Gasteiger partial charge in [0.15, 0.2) is 17.4 Å². The van der Waals surface area contributed by atoms with Crippen LogP contribution in [0, 0.1) is 17.5 Å². The number of rotatable bonds is 3. The molecule has 0 heterocycles. The number of aromatic hydroxyl groups is 1. The van der Waals surface area contributed by atoms with E-state index in [1.165, 1.54) is 0 Å². The number of carbonyl (C=O) groups is 2. The number of halogens is 3. The molecule has 0 aromatic heterocycles. The van der Waals surface area contributed by atoms with Crippen LogP contribution in [0.25, 0.3) is 0 Å². The molecule has 1 saturated carbocycles. The van der Waals surface area contributed by atoms with E-state index >= 15 is 0 Å². The molecule has 1 aromatic carbocycles. The minimum absolute atomic E-state index is 0.158. The molecule has 3 N–H and O–H groups in total. The van der Waals surface area contributed by atoms with Crippen molar-refractivity contribution in [1.82, 2.24) is 5.32 Å². The highest BCUT2D eigenvalue weighted by molar-refractivity contribution is 5.98. The number of amides is 1. The van der Waals surface area contributed by atoms with Crippen LogP contribution < -0.4 is 5.32 Å². The van der Waals surface area contributed by atoms with E-state index in [-0.39, 0.29) is 18.9 Å². The number of aliphatic carboxylic acids is 1. The van der Waals surface area contributed by atoms with Crippen molar-refractivity contribution in [3.8, 4) is 5.75 Å². The minimum Gasteiger partial charge on any atom is -0.503 e. The zero-order chi connectivity index (χ0) is 15.8. The van der Waals surface area contributed by atoms with Crippen LogP contribution in [0.3, 0.4) is 0 Å². The smallest absolute Gasteiger partial charge is 0.329 e. The highest BCUT2D eigenvalue weighted by Crippen LogP contribution is 2.31. The quantitative estimate of drug-likeness (QED) is 0.745. The SMILES string of the molecule is O=C(NC1(C(=O)O)CCCC1)c1cc(F)c(F)c(O)c1F. The Morgan fingerprint density at radius 1 is 1.14 bits per heavy atom. The molecule has 0 atom stereocenters. The summed E-state index contributed by atoms with van der Waals surface area (Å²) in [4.78, 5) is 23.2. The van der Waals surface area contributed by atoms with Crippen molar-refractivity contribution < 1.29 is 33.0 Å². The molecule has 1 aromatic rings. The van der Waals surface area contributed by atoms with E-state index in [4.69, 9.17) is 5.11 Å². The Hall–Kier alpha value is -2.25. The van der Waals surface area contributed by atoms with Gasteiger partial charge in [0.1, 0.15) is 5.54 Å². The molecule has 8 heteroatoms. The lowest BCUT2D eigenvalue weighted by molar-refractivity contribution is -0.144. The molecule has 1 aliphatic rings. The Balaban J connectivity index is 2.35. The molecule has 2 rings (SSSR count). The first-order valence-corrected chi connectivity index (χ1v) is 6.21. The largest absolute Gasteiger partial charge is 0.503 e. The van der Waals surface area contributed by atoms with Gasteiger partial charge in [-0.1, -0.05) is 12.8 Å². The summed E-state index contributed by atoms with van der Waals surface area (Å²) in [5.74, 6) is -9.15. The van der Waals surface area contributed by atoms with Crippen LogP contribution in [0.2, 0.25) is 0 Å². The number of carboxylic acid groups (broad SMARTS) is 1. The van der Waals surface area contributed by atoms with Crippen molar-refractivity contribution in [1.29, 1.82) is 0 Å². The minimum atomic E-state index is -1.81. The molecule has 1 amide bonds. The Labute approximate surface area is 117 Å². The van der Waals surface area contributed by atoms with E-state index in [0.29, 0.717) is 12.8 Å². The number of hydrogen-bond acceptors (Lipinski definition) is 3. The summed E-state index contributed by atoms with van der Waals surface area (Å²) < 4.78 is 39.7. The van der Waals surface area contributed by atoms with Crippen LogP contribution >= 0.6 is 0 Å². The molecular formula is C13H12F3NO4. The highest BCUT2D eigenvalue weighted by Gasteiger charge is 2.43. The van der Waals surface area contributed by atoms with Gasteiger partial charge in [-0.2, -0.15) is 4.39 Å². The number of hydrogen-bond donors (Lipinski definition) is 3. The third-order valence-electron chi connectivity index (χ3n) is 3.60. The van der Waals surface area contributed by atoms with E-state index in [1.807, 2.05) is 0 Å². The fourth-order valence-corrected chi connectivity index (χ4v) is 2.41. The number of phenolic OH excluding ortho intramolecular Hbond substituents is 1. The lowest BCUT2D eigenvalue weighted by Gasteiger charge is -2.25. The molecule has 0 bridgehead atoms. The summed E-state index contributed by atoms with van der Waals surface area (Å²) >= 11 is 0. The van der Waals surface area contributed by atoms with Crippen LogP contribution in [0.1, 0.15) is 36.0 Å². The molecule has 1 fully saturated rings. The van der Waals surface area contributed by atoms with Crippen LogP contribution in [0.15, 0.2) is 6.07 Å². The van der Waals surface area contributed by atoms with E-state index in [2.05, 4.69) is 5.32 Å². The Morgan fingerprint density at radius 3 is 2.24 bits per heavy atom. The zero-order valence-corrected chi connectivity index (χ0v) is 10.8. The second-order valence-corrected chi connectivity index (χ2v) is 4.93. The average Bonchev–Trinajstić information content (AvgIpc) is 2.90. The molecule has 5 nitrogen and oxygen atoms in total. The van der Waals surface area contributed by atoms with Gasteiger partial charge < -0.3 is 15.5 Å². The van der Waals surface area contributed by atoms with Gasteiger partial charge in [-0.15, -0.1) is 0 Å². The first kappa shape index (κ1) is 15.1. The van der Waals surface area contributed by atoms with Crippen molar-refractivity contribution in [2.45, 2.75) is 31.2 Å². The van der Waals surface area contributed by atoms with Gasteiger partial charge in [-0.05, 0) is 18.9 Å². The first-order chi connectivity index (χ1) is 9.78. The molecule has 1 aliphatic carbocycles. The van der Waals surface area contributed by atoms with Crippen molar-refractivity contribution in [3.05, 3.63) is 29.1 Å². The Bertz CT molecular complexity index is 612. The van der Waals surface area contributed by atoms with Crippen LogP contribution in [0.4, 0.5) is 13.2 Å². The van der Waals surface area contributed by atoms with Gasteiger partial charge in [0.2, 0.25) is 5.82 Å². The number of carboxylic acids is 1. The van der Waals surface area contributed by atoms with Gasteiger partial charge in [0.05, 0.1) is 5.56 Å². The molecular weight excluding hydrogens is 291 g/mol. The summed E-state index contributed by atoms with van der Waals surface area (Å²) in [5.41, 5.74) is -2.50. The highest BCUT2D eigenvalue weighted by atomic mass is 19.2. The zero-order valence-electron chi connectivity index (χ0n) is 10.8. The Kier molecular flexibility index (Phi) is 3.80. The van der Waals surface area contributed by atoms with Crippen LogP contribution in [-0.2, 0) is 4.79 Å². The predicted octanol–water partition coefficient (Wildman–Crippen LogP) is 1.94. The molecule has 0 saturated heterocycles. The predicted molar refractivity (Wildman–Crippen MR) is 64.3 cm³/mol. The second kappa shape index (κ2) is 5.27. The van der Waals surface area contributed by atoms with Crippen molar-refractivity contribution in [3.63, 3.8) is 0 Å².